The summed E-state index contributed by atoms with van der Waals surface area (Å²) < 4.78 is 0. The van der Waals surface area contributed by atoms with Crippen molar-refractivity contribution in [2.45, 2.75) is 12.0 Å². The van der Waals surface area contributed by atoms with Crippen molar-refractivity contribution in [3.8, 4) is 0 Å². The summed E-state index contributed by atoms with van der Waals surface area (Å²) in [6.07, 6.45) is 0.219. The molecule has 98 valence electrons. The van der Waals surface area contributed by atoms with E-state index in [9.17, 15) is 9.59 Å². The first-order valence-electron chi connectivity index (χ1n) is 6.52. The average Bonchev–Trinajstić information content (AvgIpc) is 2.46. The maximum absolute atomic E-state index is 12.6. The first-order chi connectivity index (χ1) is 9.73. The summed E-state index contributed by atoms with van der Waals surface area (Å²) in [5.41, 5.74) is 1.43. The molecule has 4 rings (SSSR count). The van der Waals surface area contributed by atoms with Crippen molar-refractivity contribution in [2.75, 3.05) is 10.2 Å². The van der Waals surface area contributed by atoms with Crippen LogP contribution in [0.3, 0.4) is 0 Å². The van der Waals surface area contributed by atoms with Crippen LogP contribution in [0.5, 0.6) is 0 Å². The summed E-state index contributed by atoms with van der Waals surface area (Å²) >= 11 is 0. The van der Waals surface area contributed by atoms with E-state index in [2.05, 4.69) is 5.32 Å². The first-order valence-corrected chi connectivity index (χ1v) is 6.52. The van der Waals surface area contributed by atoms with Gasteiger partial charge in [0.15, 0.2) is 5.54 Å². The van der Waals surface area contributed by atoms with Gasteiger partial charge in [0.2, 0.25) is 5.91 Å². The number of nitrogens with zero attached hydrogens (tertiary/aromatic N) is 1. The minimum Gasteiger partial charge on any atom is -0.322 e. The Morgan fingerprint density at radius 3 is 2.40 bits per heavy atom. The Balaban J connectivity index is 1.94. The van der Waals surface area contributed by atoms with Crippen LogP contribution in [0.4, 0.5) is 11.4 Å². The van der Waals surface area contributed by atoms with Gasteiger partial charge in [-0.05, 0) is 17.7 Å². The largest absolute Gasteiger partial charge is 0.322 e. The van der Waals surface area contributed by atoms with Gasteiger partial charge in [-0.1, -0.05) is 42.5 Å². The molecule has 2 amide bonds. The molecule has 4 heteroatoms. The summed E-state index contributed by atoms with van der Waals surface area (Å²) in [4.78, 5) is 26.3. The Morgan fingerprint density at radius 1 is 0.950 bits per heavy atom. The van der Waals surface area contributed by atoms with Gasteiger partial charge in [-0.3, -0.25) is 14.5 Å². The van der Waals surface area contributed by atoms with Gasteiger partial charge >= 0.3 is 0 Å². The van der Waals surface area contributed by atoms with Crippen LogP contribution in [0, 0.1) is 0 Å². The standard InChI is InChI=1S/C16H12N2O2/c19-14-10-16(11-6-2-1-3-7-11)15(20)17-12-8-4-5-9-13(12)18(14)16/h1-9H,10H2,(H,17,20). The van der Waals surface area contributed by atoms with Crippen molar-refractivity contribution >= 4 is 23.2 Å². The number of fused-ring (bicyclic) bond motifs is 3. The highest BCUT2D eigenvalue weighted by Crippen LogP contribution is 2.50. The molecule has 0 radical (unpaired) electrons. The number of hydrogen-bond acceptors (Lipinski definition) is 2. The van der Waals surface area contributed by atoms with Gasteiger partial charge in [0.1, 0.15) is 0 Å². The Morgan fingerprint density at radius 2 is 1.65 bits per heavy atom. The molecule has 4 nitrogen and oxygen atoms in total. The summed E-state index contributed by atoms with van der Waals surface area (Å²) in [5.74, 6) is -0.154. The lowest BCUT2D eigenvalue weighted by Gasteiger charge is -2.53. The van der Waals surface area contributed by atoms with Crippen LogP contribution >= 0.6 is 0 Å². The third-order valence-corrected chi connectivity index (χ3v) is 4.06. The fourth-order valence-electron chi connectivity index (χ4n) is 3.10. The molecule has 1 saturated heterocycles. The minimum absolute atomic E-state index is 0.0175. The molecule has 2 aromatic rings. The summed E-state index contributed by atoms with van der Waals surface area (Å²) in [6, 6.07) is 16.9. The highest BCUT2D eigenvalue weighted by atomic mass is 16.2. The Bertz CT molecular complexity index is 726. The molecule has 0 aliphatic carbocycles. The van der Waals surface area contributed by atoms with Gasteiger partial charge in [0.25, 0.3) is 5.91 Å². The summed E-state index contributed by atoms with van der Waals surface area (Å²) in [6.45, 7) is 0. The molecule has 1 fully saturated rings. The predicted molar refractivity (Wildman–Crippen MR) is 75.3 cm³/mol. The number of hydrogen-bond donors (Lipinski definition) is 1. The molecule has 2 aromatic carbocycles. The number of nitrogens with one attached hydrogen (secondary N) is 1. The van der Waals surface area contributed by atoms with Crippen LogP contribution < -0.4 is 10.2 Å². The van der Waals surface area contributed by atoms with Crippen molar-refractivity contribution in [1.82, 2.24) is 0 Å². The average molecular weight is 264 g/mol. The van der Waals surface area contributed by atoms with Gasteiger partial charge in [-0.25, -0.2) is 0 Å². The highest BCUT2D eigenvalue weighted by molar-refractivity contribution is 6.21. The molecule has 1 N–H and O–H groups in total. The molecule has 0 saturated carbocycles. The van der Waals surface area contributed by atoms with E-state index >= 15 is 0 Å². The van der Waals surface area contributed by atoms with Crippen LogP contribution in [-0.2, 0) is 15.1 Å². The highest BCUT2D eigenvalue weighted by Gasteiger charge is 2.60. The number of amides is 2. The van der Waals surface area contributed by atoms with E-state index in [1.807, 2.05) is 54.6 Å². The third-order valence-electron chi connectivity index (χ3n) is 4.06. The molecular weight excluding hydrogens is 252 g/mol. The molecular formula is C16H12N2O2. The molecule has 20 heavy (non-hydrogen) atoms. The van der Waals surface area contributed by atoms with Crippen molar-refractivity contribution in [3.63, 3.8) is 0 Å². The zero-order chi connectivity index (χ0) is 13.7. The normalized spacial score (nSPS) is 23.5. The van der Waals surface area contributed by atoms with E-state index in [1.54, 1.807) is 4.90 Å². The first kappa shape index (κ1) is 11.2. The van der Waals surface area contributed by atoms with Gasteiger partial charge in [-0.2, -0.15) is 0 Å². The van der Waals surface area contributed by atoms with E-state index in [0.29, 0.717) is 5.69 Å². The second-order valence-electron chi connectivity index (χ2n) is 5.10. The van der Waals surface area contributed by atoms with Gasteiger partial charge in [0.05, 0.1) is 17.8 Å². The van der Waals surface area contributed by atoms with Crippen LogP contribution in [0.2, 0.25) is 0 Å². The molecule has 2 heterocycles. The number of carbonyl (C=O) groups is 2. The fraction of sp³-hybridized carbons (Fsp3) is 0.125. The summed E-state index contributed by atoms with van der Waals surface area (Å²) in [7, 11) is 0. The summed E-state index contributed by atoms with van der Waals surface area (Å²) in [5, 5.41) is 2.92. The zero-order valence-electron chi connectivity index (χ0n) is 10.7. The molecule has 0 aromatic heterocycles. The number of carbonyl (C=O) groups excluding carboxylic acids is 2. The molecule has 1 atom stereocenters. The molecule has 0 bridgehead atoms. The number of benzene rings is 2. The van der Waals surface area contributed by atoms with E-state index < -0.39 is 5.54 Å². The quantitative estimate of drug-likeness (QED) is 0.803. The molecule has 2 aliphatic heterocycles. The topological polar surface area (TPSA) is 49.4 Å². The molecule has 1 unspecified atom stereocenters. The number of β-lactam (4-membered cyclic amide) rings is 1. The lowest BCUT2D eigenvalue weighted by Crippen LogP contribution is -2.69. The van der Waals surface area contributed by atoms with E-state index in [4.69, 9.17) is 0 Å². The van der Waals surface area contributed by atoms with Crippen molar-refractivity contribution < 1.29 is 9.59 Å². The van der Waals surface area contributed by atoms with E-state index in [0.717, 1.165) is 11.3 Å². The minimum atomic E-state index is -0.882. The second-order valence-corrected chi connectivity index (χ2v) is 5.10. The molecule has 2 aliphatic rings. The van der Waals surface area contributed by atoms with Gasteiger partial charge < -0.3 is 5.32 Å². The number of anilines is 2. The second kappa shape index (κ2) is 3.70. The van der Waals surface area contributed by atoms with Gasteiger partial charge in [0, 0.05) is 0 Å². The van der Waals surface area contributed by atoms with Crippen molar-refractivity contribution in [3.05, 3.63) is 60.2 Å². The van der Waals surface area contributed by atoms with Crippen LogP contribution in [0.1, 0.15) is 12.0 Å². The van der Waals surface area contributed by atoms with Gasteiger partial charge in [-0.15, -0.1) is 0 Å². The van der Waals surface area contributed by atoms with Crippen LogP contribution in [0.25, 0.3) is 0 Å². The molecule has 0 spiro atoms. The van der Waals surface area contributed by atoms with E-state index in [-0.39, 0.29) is 18.2 Å². The maximum Gasteiger partial charge on any atom is 0.255 e. The van der Waals surface area contributed by atoms with Crippen molar-refractivity contribution in [2.24, 2.45) is 0 Å². The van der Waals surface area contributed by atoms with Crippen molar-refractivity contribution in [1.29, 1.82) is 0 Å². The lowest BCUT2D eigenvalue weighted by molar-refractivity contribution is -0.137. The Hall–Kier alpha value is -2.62. The maximum atomic E-state index is 12.6. The SMILES string of the molecule is O=C1CC2(c3ccccc3)C(=O)Nc3ccccc3N12. The number of rotatable bonds is 1. The fourth-order valence-corrected chi connectivity index (χ4v) is 3.10. The predicted octanol–water partition coefficient (Wildman–Crippen LogP) is 2.27. The van der Waals surface area contributed by atoms with Crippen LogP contribution in [-0.4, -0.2) is 11.8 Å². The number of para-hydroxylation sites is 2. The van der Waals surface area contributed by atoms with E-state index in [1.165, 1.54) is 0 Å². The third kappa shape index (κ3) is 1.20. The Labute approximate surface area is 116 Å². The Kier molecular flexibility index (Phi) is 2.07. The zero-order valence-corrected chi connectivity index (χ0v) is 10.7. The monoisotopic (exact) mass is 264 g/mol. The van der Waals surface area contributed by atoms with Crippen LogP contribution in [0.15, 0.2) is 54.6 Å². The lowest BCUT2D eigenvalue weighted by atomic mass is 9.74. The smallest absolute Gasteiger partial charge is 0.255 e.